The first-order valence-electron chi connectivity index (χ1n) is 7.54. The van der Waals surface area contributed by atoms with Crippen LogP contribution in [0.25, 0.3) is 0 Å². The maximum atomic E-state index is 3.80. The lowest BCUT2D eigenvalue weighted by Gasteiger charge is -2.24. The molecule has 3 rings (SSSR count). The molecule has 0 fully saturated rings. The van der Waals surface area contributed by atoms with Crippen molar-refractivity contribution in [1.82, 2.24) is 10.6 Å². The van der Waals surface area contributed by atoms with Gasteiger partial charge in [-0.05, 0) is 48.7 Å². The summed E-state index contributed by atoms with van der Waals surface area (Å²) in [7, 11) is 0. The summed E-state index contributed by atoms with van der Waals surface area (Å²) in [5.74, 6) is 0. The van der Waals surface area contributed by atoms with Crippen molar-refractivity contribution in [2.45, 2.75) is 32.0 Å². The molecule has 2 nitrogen and oxygen atoms in total. The van der Waals surface area contributed by atoms with Crippen LogP contribution in [-0.4, -0.2) is 6.54 Å². The molecule has 0 saturated heterocycles. The third-order valence-corrected chi connectivity index (χ3v) is 4.65. The molecule has 3 heteroatoms. The molecule has 0 aromatic heterocycles. The largest absolute Gasteiger partial charge is 0.313 e. The number of nitrogens with one attached hydrogen (secondary N) is 2. The highest BCUT2D eigenvalue weighted by molar-refractivity contribution is 9.10. The molecule has 1 heterocycles. The Hall–Kier alpha value is -1.16. The van der Waals surface area contributed by atoms with E-state index >= 15 is 0 Å². The molecule has 1 aliphatic heterocycles. The molecule has 2 aromatic carbocycles. The molecule has 2 atom stereocenters. The Kier molecular flexibility index (Phi) is 4.73. The first kappa shape index (κ1) is 14.8. The zero-order chi connectivity index (χ0) is 14.7. The zero-order valence-electron chi connectivity index (χ0n) is 12.3. The average molecular weight is 345 g/mol. The highest BCUT2D eigenvalue weighted by atomic mass is 79.9. The van der Waals surface area contributed by atoms with E-state index in [1.807, 2.05) is 0 Å². The van der Waals surface area contributed by atoms with E-state index in [1.54, 1.807) is 0 Å². The third-order valence-electron chi connectivity index (χ3n) is 4.16. The molecule has 0 saturated carbocycles. The van der Waals surface area contributed by atoms with E-state index in [2.05, 4.69) is 82.0 Å². The van der Waals surface area contributed by atoms with Gasteiger partial charge in [-0.3, -0.25) is 0 Å². The van der Waals surface area contributed by atoms with Gasteiger partial charge in [0.15, 0.2) is 0 Å². The molecule has 0 aliphatic carbocycles. The van der Waals surface area contributed by atoms with Crippen LogP contribution in [-0.2, 0) is 6.54 Å². The number of halogens is 1. The number of benzene rings is 2. The van der Waals surface area contributed by atoms with Gasteiger partial charge in [-0.25, -0.2) is 0 Å². The minimum absolute atomic E-state index is 0.332. The lowest BCUT2D eigenvalue weighted by atomic mass is 9.97. The van der Waals surface area contributed by atoms with Crippen LogP contribution in [0.2, 0.25) is 0 Å². The first-order valence-corrected chi connectivity index (χ1v) is 8.33. The van der Waals surface area contributed by atoms with Crippen LogP contribution in [0.3, 0.4) is 0 Å². The summed E-state index contributed by atoms with van der Waals surface area (Å²) in [6, 6.07) is 18.0. The molecule has 2 aromatic rings. The van der Waals surface area contributed by atoms with Crippen LogP contribution in [0.15, 0.2) is 53.0 Å². The molecule has 110 valence electrons. The fraction of sp³-hybridized carbons (Fsp3) is 0.333. The molecule has 2 N–H and O–H groups in total. The molecule has 1 aliphatic rings. The van der Waals surface area contributed by atoms with Crippen molar-refractivity contribution in [3.8, 4) is 0 Å². The first-order chi connectivity index (χ1) is 10.2. The Bertz CT molecular complexity index is 612. The van der Waals surface area contributed by atoms with Gasteiger partial charge in [0.05, 0.1) is 0 Å². The standard InChI is InChI=1S/C18H21BrN2/c1-13(14-6-4-7-16(19)11-14)21-18-9-10-20-12-15-5-2-3-8-17(15)18/h2-8,11,13,18,20-21H,9-10,12H2,1H3. The summed E-state index contributed by atoms with van der Waals surface area (Å²) >= 11 is 3.56. The molecule has 0 amide bonds. The topological polar surface area (TPSA) is 24.1 Å². The molecule has 0 spiro atoms. The van der Waals surface area contributed by atoms with Crippen molar-refractivity contribution >= 4 is 15.9 Å². The van der Waals surface area contributed by atoms with Crippen molar-refractivity contribution in [2.24, 2.45) is 0 Å². The highest BCUT2D eigenvalue weighted by Gasteiger charge is 2.20. The van der Waals surface area contributed by atoms with Crippen LogP contribution >= 0.6 is 15.9 Å². The molecular weight excluding hydrogens is 324 g/mol. The van der Waals surface area contributed by atoms with E-state index in [-0.39, 0.29) is 0 Å². The Labute approximate surface area is 135 Å². The minimum atomic E-state index is 0.332. The van der Waals surface area contributed by atoms with Gasteiger partial charge in [-0.1, -0.05) is 52.3 Å². The van der Waals surface area contributed by atoms with Gasteiger partial charge < -0.3 is 10.6 Å². The number of hydrogen-bond acceptors (Lipinski definition) is 2. The zero-order valence-corrected chi connectivity index (χ0v) is 13.9. The number of fused-ring (bicyclic) bond motifs is 1. The molecule has 0 radical (unpaired) electrons. The average Bonchev–Trinajstić information content (AvgIpc) is 2.70. The van der Waals surface area contributed by atoms with Crippen molar-refractivity contribution in [3.05, 3.63) is 69.7 Å². The van der Waals surface area contributed by atoms with Gasteiger partial charge in [0, 0.05) is 23.1 Å². The van der Waals surface area contributed by atoms with Crippen molar-refractivity contribution in [2.75, 3.05) is 6.54 Å². The molecular formula is C18H21BrN2. The van der Waals surface area contributed by atoms with Gasteiger partial charge >= 0.3 is 0 Å². The summed E-state index contributed by atoms with van der Waals surface area (Å²) in [5.41, 5.74) is 4.16. The summed E-state index contributed by atoms with van der Waals surface area (Å²) in [6.07, 6.45) is 1.12. The second kappa shape index (κ2) is 6.73. The maximum absolute atomic E-state index is 3.80. The van der Waals surface area contributed by atoms with E-state index in [1.165, 1.54) is 16.7 Å². The Morgan fingerprint density at radius 1 is 1.19 bits per heavy atom. The smallest absolute Gasteiger partial charge is 0.0340 e. The number of hydrogen-bond donors (Lipinski definition) is 2. The van der Waals surface area contributed by atoms with E-state index < -0.39 is 0 Å². The predicted octanol–water partition coefficient (Wildman–Crippen LogP) is 4.33. The monoisotopic (exact) mass is 344 g/mol. The summed E-state index contributed by atoms with van der Waals surface area (Å²) in [4.78, 5) is 0. The minimum Gasteiger partial charge on any atom is -0.313 e. The van der Waals surface area contributed by atoms with E-state index in [0.29, 0.717) is 12.1 Å². The van der Waals surface area contributed by atoms with Crippen LogP contribution in [0.5, 0.6) is 0 Å². The van der Waals surface area contributed by atoms with Crippen molar-refractivity contribution in [3.63, 3.8) is 0 Å². The molecule has 0 bridgehead atoms. The van der Waals surface area contributed by atoms with Crippen LogP contribution in [0.1, 0.15) is 42.1 Å². The van der Waals surface area contributed by atoms with Gasteiger partial charge in [0.25, 0.3) is 0 Å². The van der Waals surface area contributed by atoms with Gasteiger partial charge in [-0.15, -0.1) is 0 Å². The van der Waals surface area contributed by atoms with Crippen LogP contribution < -0.4 is 10.6 Å². The Morgan fingerprint density at radius 3 is 2.90 bits per heavy atom. The lowest BCUT2D eigenvalue weighted by Crippen LogP contribution is -2.26. The Balaban J connectivity index is 1.81. The van der Waals surface area contributed by atoms with Gasteiger partial charge in [-0.2, -0.15) is 0 Å². The quantitative estimate of drug-likeness (QED) is 0.865. The fourth-order valence-electron chi connectivity index (χ4n) is 3.01. The van der Waals surface area contributed by atoms with Gasteiger partial charge in [0.2, 0.25) is 0 Å². The van der Waals surface area contributed by atoms with Crippen molar-refractivity contribution in [1.29, 1.82) is 0 Å². The summed E-state index contributed by atoms with van der Waals surface area (Å²) in [6.45, 7) is 4.26. The number of rotatable bonds is 3. The van der Waals surface area contributed by atoms with E-state index in [9.17, 15) is 0 Å². The van der Waals surface area contributed by atoms with Crippen LogP contribution in [0.4, 0.5) is 0 Å². The van der Waals surface area contributed by atoms with Crippen molar-refractivity contribution < 1.29 is 0 Å². The Morgan fingerprint density at radius 2 is 2.05 bits per heavy atom. The normalized spacial score (nSPS) is 19.6. The molecule has 2 unspecified atom stereocenters. The second-order valence-corrected chi connectivity index (χ2v) is 6.58. The highest BCUT2D eigenvalue weighted by Crippen LogP contribution is 2.27. The summed E-state index contributed by atoms with van der Waals surface area (Å²) in [5, 5.41) is 7.31. The second-order valence-electron chi connectivity index (χ2n) is 5.66. The van der Waals surface area contributed by atoms with E-state index in [0.717, 1.165) is 24.0 Å². The maximum Gasteiger partial charge on any atom is 0.0340 e. The molecule has 21 heavy (non-hydrogen) atoms. The SMILES string of the molecule is CC(NC1CCNCc2ccccc21)c1cccc(Br)c1. The third kappa shape index (κ3) is 3.54. The van der Waals surface area contributed by atoms with E-state index in [4.69, 9.17) is 0 Å². The predicted molar refractivity (Wildman–Crippen MR) is 91.2 cm³/mol. The lowest BCUT2D eigenvalue weighted by molar-refractivity contribution is 0.443. The van der Waals surface area contributed by atoms with Crippen LogP contribution in [0, 0.1) is 0 Å². The van der Waals surface area contributed by atoms with Gasteiger partial charge in [0.1, 0.15) is 0 Å². The fourth-order valence-corrected chi connectivity index (χ4v) is 3.42. The summed E-state index contributed by atoms with van der Waals surface area (Å²) < 4.78 is 1.14.